The molecule has 8 heteroatoms. The summed E-state index contributed by atoms with van der Waals surface area (Å²) in [5, 5.41) is 22.3. The van der Waals surface area contributed by atoms with Crippen LogP contribution in [0.5, 0.6) is 0 Å². The first-order chi connectivity index (χ1) is 26.3. The largest absolute Gasteiger partial charge is 0.392 e. The molecule has 2 unspecified atom stereocenters. The molecule has 2 heterocycles. The Morgan fingerprint density at radius 2 is 0.556 bits per heavy atom. The SMILES string of the molecule is O=C1OC(=O)[C@]23C4c5ccccc5C(c5ccccc54)[C@]12[C@@H]1CC[C@H]3C1O.O=C1OC(=O)[C@]23C4c5ccccc5C(c5ccccc54)[C@]12[C@@H]1CC[C@H]3C1O. The predicted molar refractivity (Wildman–Crippen MR) is 190 cm³/mol. The molecule has 8 nitrogen and oxygen atoms in total. The van der Waals surface area contributed by atoms with E-state index in [1.54, 1.807) is 0 Å². The summed E-state index contributed by atoms with van der Waals surface area (Å²) in [4.78, 5) is 53.6. The van der Waals surface area contributed by atoms with E-state index < -0.39 is 57.7 Å². The molecule has 2 aliphatic heterocycles. The second-order valence-electron chi connectivity index (χ2n) is 17.6. The van der Waals surface area contributed by atoms with Crippen molar-refractivity contribution < 1.29 is 38.9 Å². The van der Waals surface area contributed by atoms with Crippen molar-refractivity contribution in [2.45, 2.75) is 61.6 Å². The van der Waals surface area contributed by atoms with Gasteiger partial charge in [0, 0.05) is 47.3 Å². The van der Waals surface area contributed by atoms with E-state index in [4.69, 9.17) is 9.47 Å². The van der Waals surface area contributed by atoms with Gasteiger partial charge in [0.25, 0.3) is 0 Å². The van der Waals surface area contributed by atoms with Crippen molar-refractivity contribution in [2.24, 2.45) is 45.3 Å². The Morgan fingerprint density at radius 1 is 0.370 bits per heavy atom. The Kier molecular flexibility index (Phi) is 5.23. The van der Waals surface area contributed by atoms with Gasteiger partial charge in [0.1, 0.15) is 21.7 Å². The third-order valence-electron chi connectivity index (χ3n) is 17.0. The van der Waals surface area contributed by atoms with Crippen LogP contribution in [-0.4, -0.2) is 46.3 Å². The Bertz CT molecular complexity index is 2060. The third-order valence-corrected chi connectivity index (χ3v) is 17.0. The van der Waals surface area contributed by atoms with E-state index in [9.17, 15) is 29.4 Å². The molecule has 2 N–H and O–H groups in total. The fraction of sp³-hybridized carbons (Fsp3) is 0.391. The van der Waals surface area contributed by atoms with Crippen molar-refractivity contribution >= 4 is 23.9 Å². The lowest BCUT2D eigenvalue weighted by Crippen LogP contribution is -2.61. The lowest BCUT2D eigenvalue weighted by Gasteiger charge is -2.59. The van der Waals surface area contributed by atoms with Gasteiger partial charge in [-0.15, -0.1) is 0 Å². The van der Waals surface area contributed by atoms with Crippen LogP contribution in [0.1, 0.15) is 93.9 Å². The Labute approximate surface area is 310 Å². The van der Waals surface area contributed by atoms with Crippen molar-refractivity contribution in [3.05, 3.63) is 142 Å². The van der Waals surface area contributed by atoms with E-state index in [1.165, 1.54) is 0 Å². The first kappa shape index (κ1) is 30.4. The molecule has 2 saturated heterocycles. The minimum absolute atomic E-state index is 0.212. The fourth-order valence-electron chi connectivity index (χ4n) is 16.0. The summed E-state index contributed by atoms with van der Waals surface area (Å²) in [6, 6.07) is 32.8. The monoisotopic (exact) mass is 716 g/mol. The zero-order valence-electron chi connectivity index (χ0n) is 29.2. The average Bonchev–Trinajstić information content (AvgIpc) is 4.00. The maximum absolute atomic E-state index is 13.4. The summed E-state index contributed by atoms with van der Waals surface area (Å²) in [5.74, 6) is -3.36. The van der Waals surface area contributed by atoms with Gasteiger partial charge in [-0.05, 0) is 70.2 Å². The van der Waals surface area contributed by atoms with Crippen LogP contribution in [0.3, 0.4) is 0 Å². The number of rotatable bonds is 0. The molecule has 4 aromatic rings. The lowest BCUT2D eigenvalue weighted by atomic mass is 9.38. The van der Waals surface area contributed by atoms with Crippen molar-refractivity contribution in [1.29, 1.82) is 0 Å². The highest BCUT2D eigenvalue weighted by molar-refractivity contribution is 6.08. The number of cyclic esters (lactones) is 4. The fourth-order valence-corrected chi connectivity index (χ4v) is 16.0. The second kappa shape index (κ2) is 9.29. The lowest BCUT2D eigenvalue weighted by molar-refractivity contribution is -0.160. The average molecular weight is 717 g/mol. The van der Waals surface area contributed by atoms with Crippen LogP contribution in [-0.2, 0) is 28.7 Å². The molecule has 16 rings (SSSR count). The van der Waals surface area contributed by atoms with Crippen LogP contribution in [0.25, 0.3) is 0 Å². The van der Waals surface area contributed by atoms with Crippen molar-refractivity contribution in [3.8, 4) is 0 Å². The molecule has 6 fully saturated rings. The van der Waals surface area contributed by atoms with Crippen LogP contribution in [0.15, 0.2) is 97.1 Å². The van der Waals surface area contributed by atoms with E-state index in [1.807, 2.05) is 48.5 Å². The summed E-state index contributed by atoms with van der Waals surface area (Å²) in [7, 11) is 0. The van der Waals surface area contributed by atoms with Gasteiger partial charge in [-0.2, -0.15) is 0 Å². The van der Waals surface area contributed by atoms with E-state index in [-0.39, 0.29) is 47.3 Å². The molecular weight excluding hydrogens is 680 g/mol. The molecule has 0 spiro atoms. The first-order valence-electron chi connectivity index (χ1n) is 19.5. The Hall–Kier alpha value is -4.92. The number of hydrogen-bond donors (Lipinski definition) is 2. The molecule has 0 aromatic heterocycles. The topological polar surface area (TPSA) is 127 Å². The number of carbonyl (C=O) groups is 4. The van der Waals surface area contributed by atoms with E-state index in [0.717, 1.165) is 70.2 Å². The summed E-state index contributed by atoms with van der Waals surface area (Å²) in [6.45, 7) is 0. The molecule has 4 saturated carbocycles. The van der Waals surface area contributed by atoms with Crippen molar-refractivity contribution in [1.82, 2.24) is 0 Å². The van der Waals surface area contributed by atoms with Gasteiger partial charge in [-0.1, -0.05) is 97.1 Å². The normalized spacial score (nSPS) is 44.6. The molecule has 10 atom stereocenters. The van der Waals surface area contributed by atoms with Gasteiger partial charge in [0.15, 0.2) is 0 Å². The Balaban J connectivity index is 0.000000115. The molecule has 8 bridgehead atoms. The number of benzene rings is 4. The van der Waals surface area contributed by atoms with Crippen LogP contribution < -0.4 is 0 Å². The zero-order chi connectivity index (χ0) is 36.3. The molecular formula is C46H36O8. The minimum atomic E-state index is -0.959. The van der Waals surface area contributed by atoms with E-state index in [2.05, 4.69) is 48.5 Å². The van der Waals surface area contributed by atoms with Crippen LogP contribution in [0, 0.1) is 45.3 Å². The highest BCUT2D eigenvalue weighted by atomic mass is 16.6. The number of aliphatic hydroxyl groups excluding tert-OH is 2. The van der Waals surface area contributed by atoms with Crippen LogP contribution in [0.2, 0.25) is 0 Å². The summed E-state index contributed by atoms with van der Waals surface area (Å²) in [6.07, 6.45) is 1.89. The summed E-state index contributed by atoms with van der Waals surface area (Å²) >= 11 is 0. The summed E-state index contributed by atoms with van der Waals surface area (Å²) < 4.78 is 10.9. The molecule has 4 aromatic carbocycles. The first-order valence-corrected chi connectivity index (χ1v) is 19.5. The van der Waals surface area contributed by atoms with Gasteiger partial charge in [0.2, 0.25) is 0 Å². The Morgan fingerprint density at radius 3 is 0.741 bits per heavy atom. The van der Waals surface area contributed by atoms with Crippen LogP contribution in [0.4, 0.5) is 0 Å². The van der Waals surface area contributed by atoms with Gasteiger partial charge < -0.3 is 19.7 Å². The number of esters is 4. The second-order valence-corrected chi connectivity index (χ2v) is 17.6. The molecule has 12 aliphatic rings. The highest BCUT2D eigenvalue weighted by Gasteiger charge is 2.90. The van der Waals surface area contributed by atoms with Gasteiger partial charge in [0.05, 0.1) is 12.2 Å². The van der Waals surface area contributed by atoms with Gasteiger partial charge in [-0.25, -0.2) is 0 Å². The van der Waals surface area contributed by atoms with Crippen molar-refractivity contribution in [2.75, 3.05) is 0 Å². The number of fused-ring (bicyclic) bond motifs is 4. The molecule has 10 aliphatic carbocycles. The number of aliphatic hydroxyl groups is 2. The standard InChI is InChI=1S/2C23H18O4/c2*24-19-15-9-10-16(19)23-18-12-6-2-1-5-11(12)17(13-7-3-4-8-14(13)18)22(15,23)20(25)27-21(23)26/h2*1-8,15-19,24H,9-10H2/t2*15-,16+,17?,18?,19?,22-,23+. The van der Waals surface area contributed by atoms with Gasteiger partial charge in [-0.3, -0.25) is 19.2 Å². The molecule has 268 valence electrons. The minimum Gasteiger partial charge on any atom is -0.392 e. The quantitative estimate of drug-likeness (QED) is 0.181. The predicted octanol–water partition coefficient (Wildman–Crippen LogP) is 5.47. The maximum atomic E-state index is 13.4. The van der Waals surface area contributed by atoms with Crippen LogP contribution >= 0.6 is 0 Å². The molecule has 54 heavy (non-hydrogen) atoms. The number of hydrogen-bond acceptors (Lipinski definition) is 8. The van der Waals surface area contributed by atoms with Gasteiger partial charge >= 0.3 is 23.9 Å². The number of ether oxygens (including phenoxy) is 2. The molecule has 0 amide bonds. The summed E-state index contributed by atoms with van der Waals surface area (Å²) in [5.41, 5.74) is 5.19. The third kappa shape index (κ3) is 2.63. The zero-order valence-corrected chi connectivity index (χ0v) is 29.2. The number of carbonyl (C=O) groups excluding carboxylic acids is 4. The highest BCUT2D eigenvalue weighted by Crippen LogP contribution is 2.85. The van der Waals surface area contributed by atoms with E-state index >= 15 is 0 Å². The molecule has 0 radical (unpaired) electrons. The van der Waals surface area contributed by atoms with Crippen molar-refractivity contribution in [3.63, 3.8) is 0 Å². The van der Waals surface area contributed by atoms with E-state index in [0.29, 0.717) is 0 Å². The smallest absolute Gasteiger partial charge is 0.322 e. The maximum Gasteiger partial charge on any atom is 0.322 e.